The third kappa shape index (κ3) is 5.99. The van der Waals surface area contributed by atoms with Crippen molar-refractivity contribution in [3.63, 3.8) is 0 Å². The van der Waals surface area contributed by atoms with Gasteiger partial charge in [-0.2, -0.15) is 0 Å². The van der Waals surface area contributed by atoms with Crippen LogP contribution in [0.3, 0.4) is 0 Å². The molecule has 3 aliphatic rings. The van der Waals surface area contributed by atoms with E-state index in [9.17, 15) is 13.6 Å². The Morgan fingerprint density at radius 3 is 2.59 bits per heavy atom. The van der Waals surface area contributed by atoms with Crippen LogP contribution in [0.25, 0.3) is 0 Å². The van der Waals surface area contributed by atoms with Crippen molar-refractivity contribution in [1.82, 2.24) is 9.88 Å². The number of hydrogen-bond donors (Lipinski definition) is 1. The van der Waals surface area contributed by atoms with Crippen molar-refractivity contribution in [2.24, 2.45) is 0 Å². The Bertz CT molecular complexity index is 1590. The van der Waals surface area contributed by atoms with Gasteiger partial charge in [0.1, 0.15) is 5.82 Å². The van der Waals surface area contributed by atoms with E-state index in [2.05, 4.69) is 58.5 Å². The molecule has 7 nitrogen and oxygen atoms in total. The Kier molecular flexibility index (Phi) is 7.84. The Hall–Kier alpha value is -2.64. The van der Waals surface area contributed by atoms with Crippen LogP contribution in [0.4, 0.5) is 18.3 Å². The highest BCUT2D eigenvalue weighted by Crippen LogP contribution is 2.52. The molecule has 6 rings (SSSR count). The van der Waals surface area contributed by atoms with Gasteiger partial charge >= 0.3 is 6.29 Å². The lowest BCUT2D eigenvalue weighted by atomic mass is 9.94. The van der Waals surface area contributed by atoms with Crippen molar-refractivity contribution < 1.29 is 31.9 Å². The summed E-state index contributed by atoms with van der Waals surface area (Å²) in [7, 11) is -2.01. The molecule has 1 saturated heterocycles. The summed E-state index contributed by atoms with van der Waals surface area (Å²) < 4.78 is 58.3. The Morgan fingerprint density at radius 2 is 1.91 bits per heavy atom. The van der Waals surface area contributed by atoms with Crippen LogP contribution in [-0.2, 0) is 14.6 Å². The second kappa shape index (κ2) is 11.0. The number of nitrogens with one attached hydrogen (secondary N) is 1. The molecule has 1 saturated carbocycles. The lowest BCUT2D eigenvalue weighted by molar-refractivity contribution is -0.286. The van der Waals surface area contributed by atoms with Crippen molar-refractivity contribution in [1.29, 1.82) is 0 Å². The first-order chi connectivity index (χ1) is 20.6. The maximum absolute atomic E-state index is 15.4. The minimum atomic E-state index is -3.73. The van der Waals surface area contributed by atoms with Crippen LogP contribution >= 0.6 is 22.9 Å². The van der Waals surface area contributed by atoms with Gasteiger partial charge in [0.15, 0.2) is 24.9 Å². The number of nitrogens with zero attached hydrogens (tertiary/aromatic N) is 2. The molecular formula is C31H35ClF3N3O4SSi. The van der Waals surface area contributed by atoms with Gasteiger partial charge in [0.25, 0.3) is 0 Å². The van der Waals surface area contributed by atoms with Gasteiger partial charge < -0.3 is 19.2 Å². The van der Waals surface area contributed by atoms with Gasteiger partial charge in [-0.1, -0.05) is 55.8 Å². The monoisotopic (exact) mass is 665 g/mol. The number of rotatable bonds is 8. The first-order valence-corrected chi connectivity index (χ1v) is 18.7. The fourth-order valence-corrected chi connectivity index (χ4v) is 8.14. The van der Waals surface area contributed by atoms with Crippen LogP contribution in [-0.4, -0.2) is 49.6 Å². The highest BCUT2D eigenvalue weighted by molar-refractivity contribution is 7.15. The van der Waals surface area contributed by atoms with Crippen molar-refractivity contribution >= 4 is 42.3 Å². The SMILES string of the molecule is CC(C)(C)[Si](C)(C)O[C@H]1CCN(C(c2cnc(NC(=O)C3(c4ccc5c(c4)OC(F)(F)O5)CC3)s2)c2ccc(Cl)cc2F)C1. The summed E-state index contributed by atoms with van der Waals surface area (Å²) in [6.45, 7) is 12.4. The molecular weight excluding hydrogens is 631 g/mol. The van der Waals surface area contributed by atoms with Gasteiger partial charge in [0, 0.05) is 34.7 Å². The number of alkyl halides is 2. The zero-order valence-electron chi connectivity index (χ0n) is 25.2. The molecule has 1 aliphatic carbocycles. The third-order valence-corrected chi connectivity index (χ3v) is 15.0. The molecule has 3 heterocycles. The van der Waals surface area contributed by atoms with Crippen molar-refractivity contribution in [2.75, 3.05) is 18.4 Å². The number of hydrogen-bond acceptors (Lipinski definition) is 7. The molecule has 1 unspecified atom stereocenters. The minimum Gasteiger partial charge on any atom is -0.413 e. The molecule has 1 aromatic heterocycles. The number of carbonyl (C=O) groups excluding carboxylic acids is 1. The number of amides is 1. The standard InChI is InChI=1S/C31H35ClF3N3O4SSi/c1-29(2,3)44(4,5)42-20-10-13-38(17-20)26(21-8-7-19(32)15-22(21)33)25-16-36-28(43-25)37-27(39)30(11-12-30)18-6-9-23-24(14-18)41-31(34,35)40-23/h6-9,14-16,20,26H,10-13,17H2,1-5H3,(H,36,37,39)/t20-,26?/m0/s1. The van der Waals surface area contributed by atoms with E-state index in [1.165, 1.54) is 29.5 Å². The minimum absolute atomic E-state index is 0.0252. The number of anilines is 1. The summed E-state index contributed by atoms with van der Waals surface area (Å²) in [5.41, 5.74) is 0.157. The molecule has 2 atom stereocenters. The predicted molar refractivity (Wildman–Crippen MR) is 166 cm³/mol. The normalized spacial score (nSPS) is 21.3. The molecule has 2 fully saturated rings. The van der Waals surface area contributed by atoms with Crippen LogP contribution in [0.15, 0.2) is 42.6 Å². The number of benzene rings is 2. The Balaban J connectivity index is 1.22. The van der Waals surface area contributed by atoms with Crippen LogP contribution in [0.5, 0.6) is 11.5 Å². The quantitative estimate of drug-likeness (QED) is 0.245. The molecule has 44 heavy (non-hydrogen) atoms. The van der Waals surface area contributed by atoms with Gasteiger partial charge in [-0.15, -0.1) is 8.78 Å². The zero-order chi connectivity index (χ0) is 31.7. The van der Waals surface area contributed by atoms with Gasteiger partial charge in [-0.25, -0.2) is 9.37 Å². The lowest BCUT2D eigenvalue weighted by Crippen LogP contribution is -2.44. The molecule has 13 heteroatoms. The average Bonchev–Trinajstić information content (AvgIpc) is 3.22. The molecule has 236 valence electrons. The highest BCUT2D eigenvalue weighted by Gasteiger charge is 2.53. The van der Waals surface area contributed by atoms with Crippen molar-refractivity contribution in [3.05, 3.63) is 69.4 Å². The summed E-state index contributed by atoms with van der Waals surface area (Å²) in [4.78, 5) is 21.0. The first-order valence-electron chi connectivity index (χ1n) is 14.6. The number of carbonyl (C=O) groups is 1. The number of aromatic nitrogens is 1. The maximum Gasteiger partial charge on any atom is 0.586 e. The van der Waals surface area contributed by atoms with Gasteiger partial charge in [-0.3, -0.25) is 9.69 Å². The highest BCUT2D eigenvalue weighted by atomic mass is 35.5. The topological polar surface area (TPSA) is 72.9 Å². The van der Waals surface area contributed by atoms with E-state index >= 15 is 4.39 Å². The molecule has 0 spiro atoms. The predicted octanol–water partition coefficient (Wildman–Crippen LogP) is 8.11. The number of thiazole rings is 1. The van der Waals surface area contributed by atoms with E-state index < -0.39 is 31.9 Å². The van der Waals surface area contributed by atoms with Gasteiger partial charge in [-0.05, 0) is 67.2 Å². The van der Waals surface area contributed by atoms with Crippen LogP contribution in [0.2, 0.25) is 23.2 Å². The van der Waals surface area contributed by atoms with E-state index in [4.69, 9.17) is 16.0 Å². The summed E-state index contributed by atoms with van der Waals surface area (Å²) in [6.07, 6.45) is -0.112. The average molecular weight is 666 g/mol. The molecule has 1 N–H and O–H groups in total. The van der Waals surface area contributed by atoms with E-state index in [-0.39, 0.29) is 28.5 Å². The molecule has 0 bridgehead atoms. The van der Waals surface area contributed by atoms with E-state index in [1.807, 2.05) is 0 Å². The molecule has 2 aromatic carbocycles. The van der Waals surface area contributed by atoms with Gasteiger partial charge in [0.05, 0.1) is 17.6 Å². The van der Waals surface area contributed by atoms with Crippen LogP contribution in [0.1, 0.15) is 62.1 Å². The molecule has 3 aromatic rings. The Labute approximate surface area is 264 Å². The molecule has 0 radical (unpaired) electrons. The molecule has 1 amide bonds. The van der Waals surface area contributed by atoms with E-state index in [0.717, 1.165) is 11.3 Å². The van der Waals surface area contributed by atoms with Crippen molar-refractivity contribution in [3.8, 4) is 11.5 Å². The smallest absolute Gasteiger partial charge is 0.413 e. The lowest BCUT2D eigenvalue weighted by Gasteiger charge is -2.38. The van der Waals surface area contributed by atoms with E-state index in [1.54, 1.807) is 24.4 Å². The fraction of sp³-hybridized carbons (Fsp3) is 0.484. The summed E-state index contributed by atoms with van der Waals surface area (Å²) in [5, 5.41) is 3.67. The second-order valence-electron chi connectivity index (χ2n) is 13.3. The maximum atomic E-state index is 15.4. The number of likely N-dealkylation sites (tertiary alicyclic amines) is 1. The second-order valence-corrected chi connectivity index (χ2v) is 19.5. The summed E-state index contributed by atoms with van der Waals surface area (Å²) in [5.74, 6) is -0.876. The van der Waals surface area contributed by atoms with Crippen LogP contribution in [0, 0.1) is 5.82 Å². The van der Waals surface area contributed by atoms with Gasteiger partial charge in [0.2, 0.25) is 5.91 Å². The zero-order valence-corrected chi connectivity index (χ0v) is 27.8. The largest absolute Gasteiger partial charge is 0.586 e. The summed E-state index contributed by atoms with van der Waals surface area (Å²) in [6, 6.07) is 8.67. The molecule has 2 aliphatic heterocycles. The number of ether oxygens (including phenoxy) is 2. The fourth-order valence-electron chi connectivity index (χ4n) is 5.64. The summed E-state index contributed by atoms with van der Waals surface area (Å²) >= 11 is 7.37. The van der Waals surface area contributed by atoms with Crippen molar-refractivity contribution in [2.45, 2.75) is 82.0 Å². The number of halogens is 4. The van der Waals surface area contributed by atoms with Crippen LogP contribution < -0.4 is 14.8 Å². The number of fused-ring (bicyclic) bond motifs is 1. The Morgan fingerprint density at radius 1 is 1.18 bits per heavy atom. The first kappa shape index (κ1) is 31.3. The van der Waals surface area contributed by atoms with E-state index in [0.29, 0.717) is 47.2 Å². The third-order valence-electron chi connectivity index (χ3n) is 9.22.